The van der Waals surface area contributed by atoms with Crippen molar-refractivity contribution < 1.29 is 22.7 Å². The van der Waals surface area contributed by atoms with Gasteiger partial charge in [-0.2, -0.15) is 10.4 Å². The Morgan fingerprint density at radius 3 is 2.51 bits per heavy atom. The second kappa shape index (κ2) is 11.9. The molecule has 0 saturated heterocycles. The second-order valence-corrected chi connectivity index (χ2v) is 9.25. The van der Waals surface area contributed by atoms with Gasteiger partial charge in [-0.1, -0.05) is 29.8 Å². The molecule has 1 amide bonds. The third-order valence-electron chi connectivity index (χ3n) is 4.61. The Balaban J connectivity index is 1.82. The van der Waals surface area contributed by atoms with E-state index < -0.39 is 22.5 Å². The molecule has 180 valence electrons. The summed E-state index contributed by atoms with van der Waals surface area (Å²) in [4.78, 5) is 12.7. The summed E-state index contributed by atoms with van der Waals surface area (Å²) in [5, 5.41) is 12.7. The highest BCUT2D eigenvalue weighted by Crippen LogP contribution is 2.34. The zero-order valence-corrected chi connectivity index (χ0v) is 20.2. The number of ether oxygens (including phenoxy) is 2. The van der Waals surface area contributed by atoms with Crippen molar-refractivity contribution in [2.45, 2.75) is 4.90 Å². The lowest BCUT2D eigenvalue weighted by Gasteiger charge is -2.25. The number of benzene rings is 3. The molecule has 0 aliphatic heterocycles. The van der Waals surface area contributed by atoms with Crippen molar-refractivity contribution in [3.8, 4) is 17.6 Å². The first-order chi connectivity index (χ1) is 16.8. The van der Waals surface area contributed by atoms with Gasteiger partial charge in [-0.05, 0) is 60.2 Å². The van der Waals surface area contributed by atoms with Crippen LogP contribution in [-0.4, -0.2) is 40.8 Å². The summed E-state index contributed by atoms with van der Waals surface area (Å²) in [7, 11) is -2.75. The van der Waals surface area contributed by atoms with E-state index in [0.717, 1.165) is 4.31 Å². The smallest absolute Gasteiger partial charge is 0.264 e. The Kier molecular flexibility index (Phi) is 8.67. The number of nitriles is 1. The molecule has 11 heteroatoms. The van der Waals surface area contributed by atoms with Crippen molar-refractivity contribution in [2.24, 2.45) is 5.10 Å². The average Bonchev–Trinajstić information content (AvgIpc) is 2.87. The van der Waals surface area contributed by atoms with Crippen LogP contribution < -0.4 is 19.2 Å². The highest BCUT2D eigenvalue weighted by Gasteiger charge is 2.29. The maximum absolute atomic E-state index is 13.4. The lowest BCUT2D eigenvalue weighted by Crippen LogP contribution is -2.39. The number of sulfonamides is 1. The lowest BCUT2D eigenvalue weighted by molar-refractivity contribution is -0.119. The number of halogens is 1. The van der Waals surface area contributed by atoms with Gasteiger partial charge < -0.3 is 9.47 Å². The molecule has 0 aliphatic rings. The number of nitrogens with one attached hydrogen (secondary N) is 1. The van der Waals surface area contributed by atoms with Gasteiger partial charge in [0.05, 0.1) is 23.9 Å². The van der Waals surface area contributed by atoms with Crippen LogP contribution in [0.2, 0.25) is 5.02 Å². The monoisotopic (exact) mass is 512 g/mol. The minimum Gasteiger partial charge on any atom is -0.495 e. The molecule has 0 unspecified atom stereocenters. The van der Waals surface area contributed by atoms with E-state index in [1.165, 1.54) is 37.6 Å². The summed E-state index contributed by atoms with van der Waals surface area (Å²) in [6, 6.07) is 20.8. The topological polar surface area (TPSA) is 121 Å². The van der Waals surface area contributed by atoms with Crippen LogP contribution in [-0.2, 0) is 14.8 Å². The molecule has 0 saturated carbocycles. The normalized spacial score (nSPS) is 11.0. The van der Waals surface area contributed by atoms with Gasteiger partial charge in [-0.15, -0.1) is 0 Å². The van der Waals surface area contributed by atoms with E-state index in [-0.39, 0.29) is 28.0 Å². The third-order valence-corrected chi connectivity index (χ3v) is 6.62. The number of hydrogen-bond donors (Lipinski definition) is 1. The van der Waals surface area contributed by atoms with Crippen LogP contribution in [0.25, 0.3) is 0 Å². The van der Waals surface area contributed by atoms with E-state index in [0.29, 0.717) is 11.3 Å². The predicted molar refractivity (Wildman–Crippen MR) is 132 cm³/mol. The molecule has 0 heterocycles. The molecule has 0 atom stereocenters. The predicted octanol–water partition coefficient (Wildman–Crippen LogP) is 3.60. The molecule has 0 bridgehead atoms. The Bertz CT molecular complexity index is 1340. The molecule has 0 radical (unpaired) electrons. The first-order valence-corrected chi connectivity index (χ1v) is 12.0. The zero-order valence-electron chi connectivity index (χ0n) is 18.6. The third kappa shape index (κ3) is 6.72. The fourth-order valence-corrected chi connectivity index (χ4v) is 4.60. The molecule has 9 nitrogen and oxygen atoms in total. The van der Waals surface area contributed by atoms with Gasteiger partial charge in [0.2, 0.25) is 0 Å². The first-order valence-electron chi connectivity index (χ1n) is 10.2. The fraction of sp³-hybridized carbons (Fsp3) is 0.125. The number of hydrazone groups is 1. The van der Waals surface area contributed by atoms with E-state index in [4.69, 9.17) is 26.3 Å². The molecule has 35 heavy (non-hydrogen) atoms. The maximum atomic E-state index is 13.4. The van der Waals surface area contributed by atoms with E-state index in [9.17, 15) is 13.2 Å². The Morgan fingerprint density at radius 2 is 1.86 bits per heavy atom. The van der Waals surface area contributed by atoms with Gasteiger partial charge >= 0.3 is 0 Å². The van der Waals surface area contributed by atoms with E-state index in [1.807, 2.05) is 6.07 Å². The fourth-order valence-electron chi connectivity index (χ4n) is 2.99. The van der Waals surface area contributed by atoms with Gasteiger partial charge in [0.25, 0.3) is 15.9 Å². The standard InChI is InChI=1S/C24H21ClN4O5S/c1-33-23-12-9-19(25)15-22(23)29(35(31,32)21-5-3-2-4-6-21)17-24(30)28-27-16-18-7-10-20(11-8-18)34-14-13-26/h2-12,15-16H,14,17H2,1H3,(H,28,30)/b27-16-. The summed E-state index contributed by atoms with van der Waals surface area (Å²) < 4.78 is 38.3. The van der Waals surface area contributed by atoms with Gasteiger partial charge in [0.15, 0.2) is 6.61 Å². The molecule has 0 aromatic heterocycles. The van der Waals surface area contributed by atoms with Crippen molar-refractivity contribution >= 4 is 39.4 Å². The van der Waals surface area contributed by atoms with Crippen LogP contribution in [0.4, 0.5) is 5.69 Å². The van der Waals surface area contributed by atoms with Crippen molar-refractivity contribution in [3.05, 3.63) is 83.4 Å². The van der Waals surface area contributed by atoms with E-state index in [1.54, 1.807) is 48.5 Å². The largest absolute Gasteiger partial charge is 0.495 e. The average molecular weight is 513 g/mol. The molecular weight excluding hydrogens is 492 g/mol. The summed E-state index contributed by atoms with van der Waals surface area (Å²) >= 11 is 6.12. The molecule has 3 aromatic carbocycles. The SMILES string of the molecule is COc1ccc(Cl)cc1N(CC(=O)N/N=C\c1ccc(OCC#N)cc1)S(=O)(=O)c1ccccc1. The number of methoxy groups -OCH3 is 1. The van der Waals surface area contributed by atoms with Crippen LogP contribution in [0.1, 0.15) is 5.56 Å². The number of amides is 1. The number of carbonyl (C=O) groups is 1. The van der Waals surface area contributed by atoms with Crippen LogP contribution in [0, 0.1) is 11.3 Å². The van der Waals surface area contributed by atoms with Gasteiger partial charge in [0.1, 0.15) is 24.1 Å². The van der Waals surface area contributed by atoms with Crippen LogP contribution in [0.3, 0.4) is 0 Å². The van der Waals surface area contributed by atoms with Gasteiger partial charge in [0, 0.05) is 5.02 Å². The van der Waals surface area contributed by atoms with Crippen LogP contribution in [0.5, 0.6) is 11.5 Å². The summed E-state index contributed by atoms with van der Waals surface area (Å²) in [5.74, 6) is 0.0608. The summed E-state index contributed by atoms with van der Waals surface area (Å²) in [6.07, 6.45) is 1.39. The molecular formula is C24H21ClN4O5S. The van der Waals surface area contributed by atoms with Crippen molar-refractivity contribution in [1.82, 2.24) is 5.43 Å². The Morgan fingerprint density at radius 1 is 1.14 bits per heavy atom. The molecule has 0 fully saturated rings. The van der Waals surface area contributed by atoms with Crippen molar-refractivity contribution in [3.63, 3.8) is 0 Å². The van der Waals surface area contributed by atoms with E-state index >= 15 is 0 Å². The molecule has 1 N–H and O–H groups in total. The highest BCUT2D eigenvalue weighted by atomic mass is 35.5. The van der Waals surface area contributed by atoms with Crippen LogP contribution >= 0.6 is 11.6 Å². The van der Waals surface area contributed by atoms with Crippen molar-refractivity contribution in [1.29, 1.82) is 5.26 Å². The second-order valence-electron chi connectivity index (χ2n) is 6.95. The summed E-state index contributed by atoms with van der Waals surface area (Å²) in [5.41, 5.74) is 3.09. The van der Waals surface area contributed by atoms with Gasteiger partial charge in [-0.25, -0.2) is 13.8 Å². The summed E-state index contributed by atoms with van der Waals surface area (Å²) in [6.45, 7) is -0.643. The molecule has 0 spiro atoms. The minimum absolute atomic E-state index is 0.00274. The number of rotatable bonds is 10. The van der Waals surface area contributed by atoms with E-state index in [2.05, 4.69) is 10.5 Å². The van der Waals surface area contributed by atoms with Crippen LogP contribution in [0.15, 0.2) is 82.8 Å². The quantitative estimate of drug-likeness (QED) is 0.327. The Hall–Kier alpha value is -4.07. The molecule has 0 aliphatic carbocycles. The van der Waals surface area contributed by atoms with Crippen molar-refractivity contribution in [2.75, 3.05) is 24.6 Å². The number of carbonyl (C=O) groups excluding carboxylic acids is 1. The molecule has 3 aromatic rings. The molecule has 3 rings (SSSR count). The number of nitrogens with zero attached hydrogens (tertiary/aromatic N) is 3. The first kappa shape index (κ1) is 25.6. The highest BCUT2D eigenvalue weighted by molar-refractivity contribution is 7.92. The maximum Gasteiger partial charge on any atom is 0.264 e. The number of hydrogen-bond acceptors (Lipinski definition) is 7. The zero-order chi connectivity index (χ0) is 25.3. The Labute approximate surface area is 208 Å². The lowest BCUT2D eigenvalue weighted by atomic mass is 10.2. The van der Waals surface area contributed by atoms with Gasteiger partial charge in [-0.3, -0.25) is 9.10 Å². The minimum atomic E-state index is -4.14. The number of anilines is 1.